The molecule has 2 fully saturated rings. The zero-order chi connectivity index (χ0) is 12.5. The van der Waals surface area contributed by atoms with Gasteiger partial charge < -0.3 is 15.8 Å². The van der Waals surface area contributed by atoms with Gasteiger partial charge in [0.15, 0.2) is 11.6 Å². The van der Waals surface area contributed by atoms with Crippen LogP contribution in [-0.4, -0.2) is 23.6 Å². The normalized spacial score (nSPS) is 19.0. The van der Waals surface area contributed by atoms with Gasteiger partial charge in [-0.05, 0) is 43.4 Å². The van der Waals surface area contributed by atoms with Crippen LogP contribution in [0.3, 0.4) is 0 Å². The molecule has 0 aliphatic heterocycles. The lowest BCUT2D eigenvalue weighted by Gasteiger charge is -2.18. The van der Waals surface area contributed by atoms with Crippen molar-refractivity contribution in [1.29, 1.82) is 0 Å². The third-order valence-electron chi connectivity index (χ3n) is 4.00. The first-order chi connectivity index (χ1) is 8.79. The topological polar surface area (TPSA) is 73.1 Å². The van der Waals surface area contributed by atoms with E-state index in [4.69, 9.17) is 10.5 Å². The highest BCUT2D eigenvalue weighted by atomic mass is 16.5. The first-order valence-corrected chi connectivity index (χ1v) is 6.68. The fourth-order valence-electron chi connectivity index (χ4n) is 2.70. The van der Waals surface area contributed by atoms with Crippen LogP contribution in [0.4, 0.5) is 11.6 Å². The molecule has 1 heterocycles. The number of hydrogen-bond acceptors (Lipinski definition) is 5. The number of ether oxygens (including phenoxy) is 1. The standard InChI is InChI=1S/C13H20N4O/c1-18-11-12(14)16-7-17-13(11)15-6-10(8-2-3-8)9-4-5-9/h7-10H,2-6H2,1H3,(H3,14,15,16,17). The summed E-state index contributed by atoms with van der Waals surface area (Å²) in [5.41, 5.74) is 5.77. The zero-order valence-corrected chi connectivity index (χ0v) is 10.7. The second-order valence-electron chi connectivity index (χ2n) is 5.36. The van der Waals surface area contributed by atoms with Crippen LogP contribution in [0.15, 0.2) is 6.33 Å². The third kappa shape index (κ3) is 2.35. The molecule has 0 aromatic carbocycles. The number of aromatic nitrogens is 2. The first-order valence-electron chi connectivity index (χ1n) is 6.68. The van der Waals surface area contributed by atoms with Gasteiger partial charge in [-0.3, -0.25) is 0 Å². The molecule has 5 heteroatoms. The highest BCUT2D eigenvalue weighted by Gasteiger charge is 2.41. The van der Waals surface area contributed by atoms with E-state index in [0.29, 0.717) is 11.6 Å². The molecule has 3 rings (SSSR count). The fourth-order valence-corrected chi connectivity index (χ4v) is 2.70. The van der Waals surface area contributed by atoms with Crippen LogP contribution in [0.25, 0.3) is 0 Å². The van der Waals surface area contributed by atoms with E-state index in [0.717, 1.165) is 30.1 Å². The molecular weight excluding hydrogens is 228 g/mol. The van der Waals surface area contributed by atoms with Crippen LogP contribution in [0, 0.1) is 17.8 Å². The lowest BCUT2D eigenvalue weighted by Crippen LogP contribution is -2.19. The summed E-state index contributed by atoms with van der Waals surface area (Å²) < 4.78 is 5.25. The summed E-state index contributed by atoms with van der Waals surface area (Å²) in [4.78, 5) is 8.15. The van der Waals surface area contributed by atoms with Gasteiger partial charge in [0.25, 0.3) is 0 Å². The second-order valence-corrected chi connectivity index (χ2v) is 5.36. The van der Waals surface area contributed by atoms with Gasteiger partial charge in [-0.2, -0.15) is 0 Å². The van der Waals surface area contributed by atoms with E-state index in [1.54, 1.807) is 7.11 Å². The van der Waals surface area contributed by atoms with E-state index in [9.17, 15) is 0 Å². The van der Waals surface area contributed by atoms with Crippen molar-refractivity contribution >= 4 is 11.6 Å². The molecular formula is C13H20N4O. The molecule has 0 atom stereocenters. The van der Waals surface area contributed by atoms with Gasteiger partial charge in [-0.15, -0.1) is 0 Å². The molecule has 0 saturated heterocycles. The Kier molecular flexibility index (Phi) is 2.97. The van der Waals surface area contributed by atoms with Gasteiger partial charge in [0.2, 0.25) is 5.75 Å². The van der Waals surface area contributed by atoms with Crippen LogP contribution < -0.4 is 15.8 Å². The largest absolute Gasteiger partial charge is 0.490 e. The molecule has 5 nitrogen and oxygen atoms in total. The van der Waals surface area contributed by atoms with Crippen molar-refractivity contribution in [2.45, 2.75) is 25.7 Å². The lowest BCUT2D eigenvalue weighted by atomic mass is 9.98. The zero-order valence-electron chi connectivity index (χ0n) is 10.7. The highest BCUT2D eigenvalue weighted by Crippen LogP contribution is 2.49. The van der Waals surface area contributed by atoms with Crippen LogP contribution in [0.5, 0.6) is 5.75 Å². The van der Waals surface area contributed by atoms with Crippen molar-refractivity contribution in [2.75, 3.05) is 24.7 Å². The van der Waals surface area contributed by atoms with Crippen molar-refractivity contribution in [2.24, 2.45) is 17.8 Å². The minimum atomic E-state index is 0.393. The number of methoxy groups -OCH3 is 1. The van der Waals surface area contributed by atoms with Gasteiger partial charge in [0, 0.05) is 6.54 Å². The minimum Gasteiger partial charge on any atom is -0.490 e. The molecule has 3 N–H and O–H groups in total. The van der Waals surface area contributed by atoms with E-state index in [1.807, 2.05) is 0 Å². The van der Waals surface area contributed by atoms with Gasteiger partial charge in [-0.1, -0.05) is 0 Å². The highest BCUT2D eigenvalue weighted by molar-refractivity contribution is 5.61. The smallest absolute Gasteiger partial charge is 0.203 e. The summed E-state index contributed by atoms with van der Waals surface area (Å²) in [6, 6.07) is 0. The average molecular weight is 248 g/mol. The van der Waals surface area contributed by atoms with E-state index in [2.05, 4.69) is 15.3 Å². The number of nitrogens with two attached hydrogens (primary N) is 1. The Morgan fingerprint density at radius 3 is 2.56 bits per heavy atom. The summed E-state index contributed by atoms with van der Waals surface area (Å²) in [6.07, 6.45) is 7.05. The van der Waals surface area contributed by atoms with Crippen LogP contribution in [0.1, 0.15) is 25.7 Å². The fraction of sp³-hybridized carbons (Fsp3) is 0.692. The van der Waals surface area contributed by atoms with E-state index < -0.39 is 0 Å². The summed E-state index contributed by atoms with van der Waals surface area (Å²) >= 11 is 0. The second kappa shape index (κ2) is 4.63. The summed E-state index contributed by atoms with van der Waals surface area (Å²) in [5, 5.41) is 3.39. The number of anilines is 2. The predicted molar refractivity (Wildman–Crippen MR) is 70.4 cm³/mol. The quantitative estimate of drug-likeness (QED) is 0.804. The molecule has 0 bridgehead atoms. The molecule has 2 aliphatic carbocycles. The first kappa shape index (κ1) is 11.6. The maximum atomic E-state index is 5.77. The molecule has 1 aromatic heterocycles. The number of hydrogen-bond donors (Lipinski definition) is 2. The van der Waals surface area contributed by atoms with Gasteiger partial charge in [-0.25, -0.2) is 9.97 Å². The Bertz CT molecular complexity index is 417. The summed E-state index contributed by atoms with van der Waals surface area (Å²) in [6.45, 7) is 0.974. The molecule has 0 radical (unpaired) electrons. The SMILES string of the molecule is COc1c(N)ncnc1NCC(C1CC1)C1CC1. The van der Waals surface area contributed by atoms with Gasteiger partial charge in [0.1, 0.15) is 6.33 Å². The third-order valence-corrected chi connectivity index (χ3v) is 4.00. The van der Waals surface area contributed by atoms with E-state index in [-0.39, 0.29) is 0 Å². The molecule has 1 aromatic rings. The van der Waals surface area contributed by atoms with Crippen molar-refractivity contribution in [3.8, 4) is 5.75 Å². The Balaban J connectivity index is 1.66. The Morgan fingerprint density at radius 2 is 2.00 bits per heavy atom. The predicted octanol–water partition coefficient (Wildman–Crippen LogP) is 1.92. The van der Waals surface area contributed by atoms with Crippen LogP contribution in [-0.2, 0) is 0 Å². The summed E-state index contributed by atoms with van der Waals surface area (Å²) in [5.74, 6) is 4.32. The number of nitrogens with zero attached hydrogens (tertiary/aromatic N) is 2. The Labute approximate surface area is 107 Å². The molecule has 18 heavy (non-hydrogen) atoms. The summed E-state index contributed by atoms with van der Waals surface area (Å²) in [7, 11) is 1.60. The van der Waals surface area contributed by atoms with Crippen molar-refractivity contribution in [3.63, 3.8) is 0 Å². The minimum absolute atomic E-state index is 0.393. The number of nitrogen functional groups attached to an aromatic ring is 1. The maximum Gasteiger partial charge on any atom is 0.203 e. The van der Waals surface area contributed by atoms with Crippen LogP contribution in [0.2, 0.25) is 0 Å². The molecule has 98 valence electrons. The van der Waals surface area contributed by atoms with E-state index in [1.165, 1.54) is 32.0 Å². The monoisotopic (exact) mass is 248 g/mol. The molecule has 0 amide bonds. The Hall–Kier alpha value is -1.52. The molecule has 0 spiro atoms. The molecule has 2 aliphatic rings. The van der Waals surface area contributed by atoms with Gasteiger partial charge in [0.05, 0.1) is 7.11 Å². The lowest BCUT2D eigenvalue weighted by molar-refractivity contribution is 0.409. The van der Waals surface area contributed by atoms with Crippen molar-refractivity contribution in [1.82, 2.24) is 9.97 Å². The van der Waals surface area contributed by atoms with Crippen LogP contribution >= 0.6 is 0 Å². The van der Waals surface area contributed by atoms with Crippen molar-refractivity contribution < 1.29 is 4.74 Å². The maximum absolute atomic E-state index is 5.77. The van der Waals surface area contributed by atoms with E-state index >= 15 is 0 Å². The number of rotatable bonds is 6. The van der Waals surface area contributed by atoms with Crippen molar-refractivity contribution in [3.05, 3.63) is 6.33 Å². The number of nitrogens with one attached hydrogen (secondary N) is 1. The molecule has 0 unspecified atom stereocenters. The Morgan fingerprint density at radius 1 is 1.33 bits per heavy atom. The average Bonchev–Trinajstić information content (AvgIpc) is 3.24. The van der Waals surface area contributed by atoms with Gasteiger partial charge >= 0.3 is 0 Å². The molecule has 2 saturated carbocycles.